The number of aliphatic hydroxyl groups is 1. The average Bonchev–Trinajstić information content (AvgIpc) is 2.36. The minimum atomic E-state index is -0.890. The van der Waals surface area contributed by atoms with Crippen molar-refractivity contribution >= 4 is 11.7 Å². The second kappa shape index (κ2) is 6.35. The summed E-state index contributed by atoms with van der Waals surface area (Å²) in [5, 5.41) is 15.1. The van der Waals surface area contributed by atoms with Crippen molar-refractivity contribution in [2.45, 2.75) is 32.3 Å². The van der Waals surface area contributed by atoms with Crippen molar-refractivity contribution < 1.29 is 14.3 Å². The normalized spacial score (nSPS) is 11.1. The van der Waals surface area contributed by atoms with E-state index in [1.54, 1.807) is 6.07 Å². The molecule has 5 heteroatoms. The first-order valence-electron chi connectivity index (χ1n) is 6.02. The van der Waals surface area contributed by atoms with E-state index in [9.17, 15) is 14.3 Å². The largest absolute Gasteiger partial charge is 0.388 e. The van der Waals surface area contributed by atoms with Crippen molar-refractivity contribution in [3.05, 3.63) is 30.1 Å². The molecule has 0 atom stereocenters. The van der Waals surface area contributed by atoms with Gasteiger partial charge in [0.1, 0.15) is 5.82 Å². The Labute approximate surface area is 106 Å². The summed E-state index contributed by atoms with van der Waals surface area (Å²) in [6.45, 7) is 3.88. The molecule has 0 unspecified atom stereocenters. The first kappa shape index (κ1) is 14.4. The lowest BCUT2D eigenvalue weighted by Crippen LogP contribution is -2.43. The first-order chi connectivity index (χ1) is 8.49. The topological polar surface area (TPSA) is 61.4 Å². The Hall–Kier alpha value is -1.62. The molecule has 0 heterocycles. The number of carbonyl (C=O) groups is 1. The summed E-state index contributed by atoms with van der Waals surface area (Å²) in [6.07, 6.45) is 1.12. The van der Waals surface area contributed by atoms with E-state index in [0.717, 1.165) is 0 Å². The zero-order valence-electron chi connectivity index (χ0n) is 10.7. The number of nitrogens with one attached hydrogen (secondary N) is 2. The summed E-state index contributed by atoms with van der Waals surface area (Å²) in [7, 11) is 0. The van der Waals surface area contributed by atoms with Crippen molar-refractivity contribution in [2.24, 2.45) is 0 Å². The number of urea groups is 1. The fourth-order valence-corrected chi connectivity index (χ4v) is 1.49. The van der Waals surface area contributed by atoms with Crippen LogP contribution in [0.2, 0.25) is 0 Å². The number of halogens is 1. The number of rotatable bonds is 5. The van der Waals surface area contributed by atoms with Crippen LogP contribution in [0, 0.1) is 5.82 Å². The highest BCUT2D eigenvalue weighted by molar-refractivity contribution is 5.89. The Bertz CT molecular complexity index is 406. The average molecular weight is 254 g/mol. The smallest absolute Gasteiger partial charge is 0.319 e. The fraction of sp³-hybridized carbons (Fsp3) is 0.462. The highest BCUT2D eigenvalue weighted by Crippen LogP contribution is 2.13. The number of hydrogen-bond donors (Lipinski definition) is 3. The van der Waals surface area contributed by atoms with Crippen molar-refractivity contribution in [3.8, 4) is 0 Å². The predicted molar refractivity (Wildman–Crippen MR) is 69.0 cm³/mol. The lowest BCUT2D eigenvalue weighted by Gasteiger charge is -2.25. The summed E-state index contributed by atoms with van der Waals surface area (Å²) in [5.41, 5.74) is -0.511. The van der Waals surface area contributed by atoms with Crippen molar-refractivity contribution in [1.29, 1.82) is 0 Å². The lowest BCUT2D eigenvalue weighted by atomic mass is 9.98. The predicted octanol–water partition coefficient (Wildman–Crippen LogP) is 2.50. The molecule has 0 bridgehead atoms. The molecular weight excluding hydrogens is 235 g/mol. The summed E-state index contributed by atoms with van der Waals surface area (Å²) in [6, 6.07) is 5.18. The van der Waals surface area contributed by atoms with E-state index in [2.05, 4.69) is 10.6 Å². The van der Waals surface area contributed by atoms with E-state index in [0.29, 0.717) is 18.5 Å². The van der Waals surface area contributed by atoms with Crippen LogP contribution in [0.4, 0.5) is 14.9 Å². The molecule has 0 spiro atoms. The van der Waals surface area contributed by atoms with Crippen LogP contribution < -0.4 is 10.6 Å². The lowest BCUT2D eigenvalue weighted by molar-refractivity contribution is 0.0354. The molecule has 18 heavy (non-hydrogen) atoms. The molecule has 1 aromatic rings. The maximum absolute atomic E-state index is 12.9. The minimum Gasteiger partial charge on any atom is -0.388 e. The second-order valence-electron chi connectivity index (χ2n) is 4.25. The molecule has 0 aliphatic carbocycles. The highest BCUT2D eigenvalue weighted by atomic mass is 19.1. The zero-order chi connectivity index (χ0) is 13.6. The molecule has 0 saturated carbocycles. The van der Waals surface area contributed by atoms with Crippen LogP contribution in [0.15, 0.2) is 24.3 Å². The number of amides is 2. The Morgan fingerprint density at radius 2 is 2.06 bits per heavy atom. The maximum atomic E-state index is 12.9. The van der Waals surface area contributed by atoms with Gasteiger partial charge in [0.25, 0.3) is 0 Å². The monoisotopic (exact) mass is 254 g/mol. The number of benzene rings is 1. The van der Waals surface area contributed by atoms with Crippen LogP contribution in [0.25, 0.3) is 0 Å². The van der Waals surface area contributed by atoms with E-state index in [1.165, 1.54) is 18.2 Å². The van der Waals surface area contributed by atoms with Crippen molar-refractivity contribution in [3.63, 3.8) is 0 Å². The quantitative estimate of drug-likeness (QED) is 0.756. The van der Waals surface area contributed by atoms with Crippen LogP contribution in [0.1, 0.15) is 26.7 Å². The van der Waals surface area contributed by atoms with E-state index in [4.69, 9.17) is 0 Å². The maximum Gasteiger partial charge on any atom is 0.319 e. The van der Waals surface area contributed by atoms with Gasteiger partial charge in [0.2, 0.25) is 0 Å². The Kier molecular flexibility index (Phi) is 5.09. The number of carbonyl (C=O) groups excluding carboxylic acids is 1. The Morgan fingerprint density at radius 3 is 2.61 bits per heavy atom. The SMILES string of the molecule is CCC(O)(CC)CNC(=O)Nc1cccc(F)c1. The summed E-state index contributed by atoms with van der Waals surface area (Å²) in [5.74, 6) is -0.411. The van der Waals surface area contributed by atoms with E-state index >= 15 is 0 Å². The van der Waals surface area contributed by atoms with E-state index in [-0.39, 0.29) is 6.54 Å². The first-order valence-corrected chi connectivity index (χ1v) is 6.02. The standard InChI is InChI=1S/C13H19FN2O2/c1-3-13(18,4-2)9-15-12(17)16-11-7-5-6-10(14)8-11/h5-8,18H,3-4,9H2,1-2H3,(H2,15,16,17). The molecule has 0 aliphatic rings. The Morgan fingerprint density at radius 1 is 1.39 bits per heavy atom. The minimum absolute atomic E-state index is 0.168. The van der Waals surface area contributed by atoms with Crippen LogP contribution in [0.3, 0.4) is 0 Å². The summed E-state index contributed by atoms with van der Waals surface area (Å²) >= 11 is 0. The molecule has 100 valence electrons. The van der Waals surface area contributed by atoms with Crippen LogP contribution in [-0.2, 0) is 0 Å². The molecule has 0 fully saturated rings. The summed E-state index contributed by atoms with van der Waals surface area (Å²) in [4.78, 5) is 11.5. The zero-order valence-corrected chi connectivity index (χ0v) is 10.7. The molecule has 0 aliphatic heterocycles. The van der Waals surface area contributed by atoms with Crippen LogP contribution in [-0.4, -0.2) is 23.3 Å². The molecule has 1 aromatic carbocycles. The van der Waals surface area contributed by atoms with Gasteiger partial charge in [-0.3, -0.25) is 0 Å². The molecular formula is C13H19FN2O2. The molecule has 0 saturated heterocycles. The van der Waals surface area contributed by atoms with Crippen LogP contribution in [0.5, 0.6) is 0 Å². The van der Waals surface area contributed by atoms with Gasteiger partial charge in [-0.2, -0.15) is 0 Å². The van der Waals surface area contributed by atoms with Crippen LogP contribution >= 0.6 is 0 Å². The third kappa shape index (κ3) is 4.33. The molecule has 0 aromatic heterocycles. The third-order valence-corrected chi connectivity index (χ3v) is 2.98. The van der Waals surface area contributed by atoms with Gasteiger partial charge in [0, 0.05) is 12.2 Å². The van der Waals surface area contributed by atoms with Crippen molar-refractivity contribution in [2.75, 3.05) is 11.9 Å². The van der Waals surface area contributed by atoms with Crippen molar-refractivity contribution in [1.82, 2.24) is 5.32 Å². The van der Waals surface area contributed by atoms with Gasteiger partial charge in [-0.15, -0.1) is 0 Å². The molecule has 2 amide bonds. The number of hydrogen-bond acceptors (Lipinski definition) is 2. The molecule has 4 nitrogen and oxygen atoms in total. The van der Waals surface area contributed by atoms with Gasteiger partial charge in [0.15, 0.2) is 0 Å². The summed E-state index contributed by atoms with van der Waals surface area (Å²) < 4.78 is 12.9. The highest BCUT2D eigenvalue weighted by Gasteiger charge is 2.22. The van der Waals surface area contributed by atoms with Gasteiger partial charge < -0.3 is 15.7 Å². The van der Waals surface area contributed by atoms with Gasteiger partial charge in [0.05, 0.1) is 5.60 Å². The number of anilines is 1. The van der Waals surface area contributed by atoms with Gasteiger partial charge in [-0.1, -0.05) is 19.9 Å². The fourth-order valence-electron chi connectivity index (χ4n) is 1.49. The third-order valence-electron chi connectivity index (χ3n) is 2.98. The molecule has 1 rings (SSSR count). The van der Waals surface area contributed by atoms with E-state index < -0.39 is 17.4 Å². The van der Waals surface area contributed by atoms with E-state index in [1.807, 2.05) is 13.8 Å². The second-order valence-corrected chi connectivity index (χ2v) is 4.25. The van der Waals surface area contributed by atoms with Gasteiger partial charge in [-0.05, 0) is 31.0 Å². The molecule has 3 N–H and O–H groups in total. The molecule has 0 radical (unpaired) electrons. The van der Waals surface area contributed by atoms with Gasteiger partial charge >= 0.3 is 6.03 Å². The van der Waals surface area contributed by atoms with Gasteiger partial charge in [-0.25, -0.2) is 9.18 Å². The Balaban J connectivity index is 2.47.